The Morgan fingerprint density at radius 3 is 1.56 bits per heavy atom. The molecule has 0 fully saturated rings. The van der Waals surface area contributed by atoms with E-state index < -0.39 is 6.16 Å². The lowest BCUT2D eigenvalue weighted by molar-refractivity contribution is 0.137. The lowest BCUT2D eigenvalue weighted by Gasteiger charge is -1.66. The fourth-order valence-corrected chi connectivity index (χ4v) is 0. The van der Waals surface area contributed by atoms with Gasteiger partial charge >= 0.3 is 6.16 Å². The average molecular weight is 173 g/mol. The van der Waals surface area contributed by atoms with Crippen molar-refractivity contribution in [3.8, 4) is 0 Å². The van der Waals surface area contributed by atoms with E-state index in [0.29, 0.717) is 4.49 Å². The van der Waals surface area contributed by atoms with Crippen LogP contribution in [0.3, 0.4) is 0 Å². The van der Waals surface area contributed by atoms with Crippen molar-refractivity contribution < 1.29 is 15.0 Å². The van der Waals surface area contributed by atoms with Gasteiger partial charge in [-0.1, -0.05) is 29.3 Å². The minimum absolute atomic E-state index is 0.324. The molecule has 2 N–H and O–H groups in total. The molecule has 0 heterocycles. The third-order valence-electron chi connectivity index (χ3n) is 0.218. The second-order valence-electron chi connectivity index (χ2n) is 0.861. The van der Waals surface area contributed by atoms with E-state index >= 15 is 0 Å². The van der Waals surface area contributed by atoms with E-state index in [2.05, 4.69) is 0 Å². The largest absolute Gasteiger partial charge is 0.503 e. The lowest BCUT2D eigenvalue weighted by Crippen LogP contribution is -1.81. The number of carbonyl (C=O) groups is 1. The van der Waals surface area contributed by atoms with Crippen LogP contribution in [0, 0.1) is 0 Å². The van der Waals surface area contributed by atoms with Crippen molar-refractivity contribution in [3.63, 3.8) is 0 Å². The first kappa shape index (κ1) is 11.4. The molecular formula is C4H6Cl2O3. The highest BCUT2D eigenvalue weighted by Gasteiger charge is 1.70. The van der Waals surface area contributed by atoms with Crippen molar-refractivity contribution in [2.75, 3.05) is 0 Å². The zero-order valence-corrected chi connectivity index (χ0v) is 6.15. The molecule has 0 aromatic carbocycles. The van der Waals surface area contributed by atoms with Gasteiger partial charge in [-0.15, -0.1) is 0 Å². The highest BCUT2D eigenvalue weighted by Crippen LogP contribution is 2.03. The van der Waals surface area contributed by atoms with E-state index in [4.69, 9.17) is 38.2 Å². The zero-order valence-electron chi connectivity index (χ0n) is 4.64. The lowest BCUT2D eigenvalue weighted by atomic mass is 10.8. The molecule has 0 saturated heterocycles. The molecule has 0 spiro atoms. The van der Waals surface area contributed by atoms with Crippen molar-refractivity contribution >= 4 is 29.4 Å². The zero-order chi connectivity index (χ0) is 7.86. The average Bonchev–Trinajstić information content (AvgIpc) is 1.65. The third kappa shape index (κ3) is 93.8. The van der Waals surface area contributed by atoms with Gasteiger partial charge in [0.2, 0.25) is 0 Å². The minimum atomic E-state index is -1.83. The van der Waals surface area contributed by atoms with Gasteiger partial charge in [0.1, 0.15) is 4.49 Å². The Bertz CT molecular complexity index is 102. The molecule has 0 saturated carbocycles. The Kier molecular flexibility index (Phi) is 9.61. The monoisotopic (exact) mass is 172 g/mol. The minimum Gasteiger partial charge on any atom is -0.450 e. The van der Waals surface area contributed by atoms with E-state index in [-0.39, 0.29) is 0 Å². The summed E-state index contributed by atoms with van der Waals surface area (Å²) >= 11 is 10.2. The van der Waals surface area contributed by atoms with Gasteiger partial charge in [0.05, 0.1) is 0 Å². The molecule has 0 amide bonds. The summed E-state index contributed by atoms with van der Waals surface area (Å²) < 4.78 is 0.324. The fraction of sp³-hybridized carbons (Fsp3) is 0.250. The Morgan fingerprint density at radius 1 is 1.44 bits per heavy atom. The molecule has 0 bridgehead atoms. The maximum atomic E-state index is 8.56. The molecule has 0 atom stereocenters. The predicted octanol–water partition coefficient (Wildman–Crippen LogP) is 2.55. The topological polar surface area (TPSA) is 57.5 Å². The van der Waals surface area contributed by atoms with Crippen LogP contribution < -0.4 is 0 Å². The first-order chi connectivity index (χ1) is 4.00. The molecule has 0 aromatic heterocycles. The Morgan fingerprint density at radius 2 is 1.56 bits per heavy atom. The molecular weight excluding hydrogens is 167 g/mol. The van der Waals surface area contributed by atoms with Gasteiger partial charge in [-0.05, 0) is 6.92 Å². The second-order valence-corrected chi connectivity index (χ2v) is 1.87. The molecule has 0 radical (unpaired) electrons. The molecule has 0 aliphatic carbocycles. The maximum Gasteiger partial charge on any atom is 0.503 e. The molecule has 0 unspecified atom stereocenters. The molecule has 0 aliphatic heterocycles. The highest BCUT2D eigenvalue weighted by atomic mass is 35.5. The number of hydrogen-bond donors (Lipinski definition) is 2. The van der Waals surface area contributed by atoms with Crippen LogP contribution in [-0.4, -0.2) is 16.4 Å². The van der Waals surface area contributed by atoms with Crippen LogP contribution in [0.5, 0.6) is 0 Å². The van der Waals surface area contributed by atoms with Crippen LogP contribution in [0.1, 0.15) is 6.92 Å². The summed E-state index contributed by atoms with van der Waals surface area (Å²) in [6.07, 6.45) is -0.219. The molecule has 9 heavy (non-hydrogen) atoms. The van der Waals surface area contributed by atoms with Crippen molar-refractivity contribution in [3.05, 3.63) is 10.6 Å². The van der Waals surface area contributed by atoms with E-state index in [1.807, 2.05) is 0 Å². The molecule has 54 valence electrons. The van der Waals surface area contributed by atoms with Gasteiger partial charge in [0.25, 0.3) is 0 Å². The van der Waals surface area contributed by atoms with Gasteiger partial charge in [-0.3, -0.25) is 0 Å². The van der Waals surface area contributed by atoms with Crippen molar-refractivity contribution in [2.45, 2.75) is 6.92 Å². The quantitative estimate of drug-likeness (QED) is 0.591. The maximum absolute atomic E-state index is 8.56. The van der Waals surface area contributed by atoms with Gasteiger partial charge in [-0.25, -0.2) is 4.79 Å². The van der Waals surface area contributed by atoms with Gasteiger partial charge in [-0.2, -0.15) is 0 Å². The van der Waals surface area contributed by atoms with Crippen LogP contribution in [0.25, 0.3) is 0 Å². The van der Waals surface area contributed by atoms with Crippen molar-refractivity contribution in [1.82, 2.24) is 0 Å². The highest BCUT2D eigenvalue weighted by molar-refractivity contribution is 6.55. The van der Waals surface area contributed by atoms with E-state index in [9.17, 15) is 0 Å². The summed E-state index contributed by atoms with van der Waals surface area (Å²) in [5, 5.41) is 13.9. The summed E-state index contributed by atoms with van der Waals surface area (Å²) in [5.74, 6) is 0. The van der Waals surface area contributed by atoms with Gasteiger partial charge in [0, 0.05) is 0 Å². The Hall–Kier alpha value is -0.410. The number of rotatable bonds is 0. The van der Waals surface area contributed by atoms with E-state index in [0.717, 1.165) is 0 Å². The van der Waals surface area contributed by atoms with Crippen LogP contribution in [-0.2, 0) is 0 Å². The summed E-state index contributed by atoms with van der Waals surface area (Å²) in [5.41, 5.74) is 0. The smallest absolute Gasteiger partial charge is 0.450 e. The SMILES string of the molecule is CC=C(Cl)Cl.O=C(O)O. The molecule has 0 aliphatic rings. The Balaban J connectivity index is 0. The molecule has 0 aromatic rings. The predicted molar refractivity (Wildman–Crippen MR) is 36.1 cm³/mol. The van der Waals surface area contributed by atoms with Crippen molar-refractivity contribution in [1.29, 1.82) is 0 Å². The van der Waals surface area contributed by atoms with Gasteiger partial charge in [0.15, 0.2) is 0 Å². The van der Waals surface area contributed by atoms with Crippen LogP contribution in [0.4, 0.5) is 4.79 Å². The number of halogens is 2. The summed E-state index contributed by atoms with van der Waals surface area (Å²) in [6.45, 7) is 1.77. The molecule has 3 nitrogen and oxygen atoms in total. The second kappa shape index (κ2) is 7.59. The third-order valence-corrected chi connectivity index (χ3v) is 0.655. The number of hydrogen-bond acceptors (Lipinski definition) is 1. The normalized spacial score (nSPS) is 6.56. The summed E-state index contributed by atoms with van der Waals surface area (Å²) in [4.78, 5) is 8.56. The van der Waals surface area contributed by atoms with E-state index in [1.165, 1.54) is 0 Å². The molecule has 5 heteroatoms. The van der Waals surface area contributed by atoms with Crippen LogP contribution in [0.15, 0.2) is 10.6 Å². The summed E-state index contributed by atoms with van der Waals surface area (Å²) in [7, 11) is 0. The summed E-state index contributed by atoms with van der Waals surface area (Å²) in [6, 6.07) is 0. The first-order valence-electron chi connectivity index (χ1n) is 1.90. The number of allylic oxidation sites excluding steroid dienone is 1. The van der Waals surface area contributed by atoms with E-state index in [1.54, 1.807) is 13.0 Å². The Labute approximate surface area is 62.5 Å². The van der Waals surface area contributed by atoms with Crippen molar-refractivity contribution in [2.24, 2.45) is 0 Å². The van der Waals surface area contributed by atoms with Gasteiger partial charge < -0.3 is 10.2 Å². The first-order valence-corrected chi connectivity index (χ1v) is 2.65. The fourth-order valence-electron chi connectivity index (χ4n) is 0. The van der Waals surface area contributed by atoms with Crippen LogP contribution in [0.2, 0.25) is 0 Å². The molecule has 0 rings (SSSR count). The number of carboxylic acid groups (broad SMARTS) is 2. The standard InChI is InChI=1S/C3H4Cl2.CH2O3/c1-2-3(4)5;2-1(3)4/h2H,1H3;(H2,2,3,4). The van der Waals surface area contributed by atoms with Crippen LogP contribution >= 0.6 is 23.2 Å².